The molecule has 1 unspecified atom stereocenters. The molecule has 0 fully saturated rings. The summed E-state index contributed by atoms with van der Waals surface area (Å²) in [5.74, 6) is -0.379. The molecule has 4 heteroatoms. The van der Waals surface area contributed by atoms with Gasteiger partial charge >= 0.3 is 0 Å². The Labute approximate surface area is 105 Å². The zero-order valence-corrected chi connectivity index (χ0v) is 10.2. The molecule has 1 aliphatic rings. The number of hydrogen-bond acceptors (Lipinski definition) is 2. The van der Waals surface area contributed by atoms with E-state index in [-0.39, 0.29) is 16.9 Å². The highest BCUT2D eigenvalue weighted by Gasteiger charge is 2.10. The smallest absolute Gasteiger partial charge is 0.141 e. The maximum atomic E-state index is 12.9. The average molecular weight is 256 g/mol. The lowest BCUT2D eigenvalue weighted by molar-refractivity contribution is 0.122. The molecule has 0 bridgehead atoms. The van der Waals surface area contributed by atoms with Crippen LogP contribution in [0.2, 0.25) is 5.02 Å². The van der Waals surface area contributed by atoms with Gasteiger partial charge in [-0.15, -0.1) is 0 Å². The van der Waals surface area contributed by atoms with Crippen molar-refractivity contribution in [1.29, 1.82) is 0 Å². The van der Waals surface area contributed by atoms with Crippen LogP contribution in [-0.2, 0) is 11.3 Å². The van der Waals surface area contributed by atoms with E-state index < -0.39 is 0 Å². The molecule has 0 saturated heterocycles. The zero-order valence-electron chi connectivity index (χ0n) is 9.46. The van der Waals surface area contributed by atoms with Gasteiger partial charge in [-0.2, -0.15) is 0 Å². The third-order valence-corrected chi connectivity index (χ3v) is 3.00. The number of nitrogens with one attached hydrogen (secondary N) is 1. The topological polar surface area (TPSA) is 21.3 Å². The van der Waals surface area contributed by atoms with Gasteiger partial charge in [0.05, 0.1) is 11.3 Å². The number of rotatable bonds is 4. The van der Waals surface area contributed by atoms with E-state index in [1.54, 1.807) is 18.4 Å². The van der Waals surface area contributed by atoms with Gasteiger partial charge in [0.2, 0.25) is 0 Å². The van der Waals surface area contributed by atoms with Crippen molar-refractivity contribution in [3.05, 3.63) is 46.9 Å². The van der Waals surface area contributed by atoms with Crippen LogP contribution >= 0.6 is 11.6 Å². The fourth-order valence-corrected chi connectivity index (χ4v) is 1.97. The highest BCUT2D eigenvalue weighted by atomic mass is 35.5. The molecule has 2 rings (SSSR count). The van der Waals surface area contributed by atoms with Gasteiger partial charge in [0, 0.05) is 13.1 Å². The summed E-state index contributed by atoms with van der Waals surface area (Å²) >= 11 is 5.70. The van der Waals surface area contributed by atoms with Crippen molar-refractivity contribution in [2.45, 2.75) is 25.5 Å². The van der Waals surface area contributed by atoms with E-state index in [1.807, 2.05) is 6.08 Å². The lowest BCUT2D eigenvalue weighted by atomic mass is 10.1. The number of hydrogen-bond donors (Lipinski definition) is 1. The summed E-state index contributed by atoms with van der Waals surface area (Å²) in [6.45, 7) is 1.46. The second-order valence-corrected chi connectivity index (χ2v) is 4.49. The molecular weight excluding hydrogens is 241 g/mol. The largest absolute Gasteiger partial charge is 0.497 e. The second kappa shape index (κ2) is 6.03. The van der Waals surface area contributed by atoms with Crippen LogP contribution in [0.4, 0.5) is 4.39 Å². The van der Waals surface area contributed by atoms with Crippen LogP contribution in [0.5, 0.6) is 0 Å². The van der Waals surface area contributed by atoms with E-state index in [2.05, 4.69) is 5.32 Å². The van der Waals surface area contributed by atoms with Crippen molar-refractivity contribution in [2.24, 2.45) is 0 Å². The maximum Gasteiger partial charge on any atom is 0.141 e. The molecule has 1 aromatic carbocycles. The summed E-state index contributed by atoms with van der Waals surface area (Å²) in [5.41, 5.74) is 0.975. The van der Waals surface area contributed by atoms with Crippen molar-refractivity contribution in [2.75, 3.05) is 6.54 Å². The Morgan fingerprint density at radius 1 is 1.47 bits per heavy atom. The molecule has 1 aliphatic heterocycles. The normalized spacial score (nSPS) is 19.1. The Balaban J connectivity index is 1.77. The SMILES string of the molecule is Fc1ccc(CNCC2CCC=CO2)cc1Cl. The second-order valence-electron chi connectivity index (χ2n) is 4.09. The van der Waals surface area contributed by atoms with Gasteiger partial charge in [0.1, 0.15) is 11.9 Å². The molecule has 17 heavy (non-hydrogen) atoms. The number of allylic oxidation sites excluding steroid dienone is 1. The van der Waals surface area contributed by atoms with Crippen LogP contribution in [-0.4, -0.2) is 12.6 Å². The first-order valence-electron chi connectivity index (χ1n) is 5.71. The summed E-state index contributed by atoms with van der Waals surface area (Å²) in [4.78, 5) is 0. The third-order valence-electron chi connectivity index (χ3n) is 2.71. The van der Waals surface area contributed by atoms with Crippen LogP contribution in [0.3, 0.4) is 0 Å². The summed E-state index contributed by atoms with van der Waals surface area (Å²) in [6.07, 6.45) is 6.11. The minimum Gasteiger partial charge on any atom is -0.497 e. The lowest BCUT2D eigenvalue weighted by Crippen LogP contribution is -2.28. The van der Waals surface area contributed by atoms with Crippen molar-refractivity contribution >= 4 is 11.6 Å². The Morgan fingerprint density at radius 3 is 3.06 bits per heavy atom. The highest BCUT2D eigenvalue weighted by molar-refractivity contribution is 6.30. The number of halogens is 2. The van der Waals surface area contributed by atoms with Crippen LogP contribution in [0.25, 0.3) is 0 Å². The molecule has 0 aromatic heterocycles. The zero-order chi connectivity index (χ0) is 12.1. The molecule has 0 spiro atoms. The minimum absolute atomic E-state index is 0.168. The van der Waals surface area contributed by atoms with E-state index in [0.29, 0.717) is 6.54 Å². The maximum absolute atomic E-state index is 12.9. The molecule has 1 N–H and O–H groups in total. The van der Waals surface area contributed by atoms with Gasteiger partial charge < -0.3 is 10.1 Å². The van der Waals surface area contributed by atoms with E-state index in [9.17, 15) is 4.39 Å². The fourth-order valence-electron chi connectivity index (χ4n) is 1.76. The Bertz CT molecular complexity index is 408. The van der Waals surface area contributed by atoms with Crippen LogP contribution < -0.4 is 5.32 Å². The van der Waals surface area contributed by atoms with E-state index in [0.717, 1.165) is 24.9 Å². The molecule has 0 amide bonds. The third kappa shape index (κ3) is 3.72. The predicted octanol–water partition coefficient (Wildman–Crippen LogP) is 3.26. The van der Waals surface area contributed by atoms with Crippen molar-refractivity contribution in [3.8, 4) is 0 Å². The van der Waals surface area contributed by atoms with Crippen molar-refractivity contribution in [3.63, 3.8) is 0 Å². The standard InChI is InChI=1S/C13H15ClFNO/c14-12-7-10(4-5-13(12)15)8-16-9-11-3-1-2-6-17-11/h2,4-7,11,16H,1,3,8-9H2. The quantitative estimate of drug-likeness (QED) is 0.892. The molecule has 0 radical (unpaired) electrons. The van der Waals surface area contributed by atoms with E-state index >= 15 is 0 Å². The first-order valence-corrected chi connectivity index (χ1v) is 6.08. The predicted molar refractivity (Wildman–Crippen MR) is 66.4 cm³/mol. The van der Waals surface area contributed by atoms with E-state index in [4.69, 9.17) is 16.3 Å². The monoisotopic (exact) mass is 255 g/mol. The average Bonchev–Trinajstić information content (AvgIpc) is 2.35. The molecule has 2 nitrogen and oxygen atoms in total. The molecule has 0 saturated carbocycles. The van der Waals surface area contributed by atoms with Gasteiger partial charge in [-0.25, -0.2) is 4.39 Å². The number of benzene rings is 1. The fraction of sp³-hybridized carbons (Fsp3) is 0.385. The minimum atomic E-state index is -0.379. The summed E-state index contributed by atoms with van der Waals surface area (Å²) in [7, 11) is 0. The first-order chi connectivity index (χ1) is 8.25. The molecule has 0 aliphatic carbocycles. The van der Waals surface area contributed by atoms with Crippen LogP contribution in [0.15, 0.2) is 30.5 Å². The molecule has 1 aromatic rings. The van der Waals surface area contributed by atoms with Gasteiger partial charge in [0.25, 0.3) is 0 Å². The molecular formula is C13H15ClFNO. The van der Waals surface area contributed by atoms with Gasteiger partial charge in [-0.05, 0) is 36.6 Å². The number of ether oxygens (including phenoxy) is 1. The van der Waals surface area contributed by atoms with Crippen molar-refractivity contribution in [1.82, 2.24) is 5.32 Å². The lowest BCUT2D eigenvalue weighted by Gasteiger charge is -2.19. The van der Waals surface area contributed by atoms with Gasteiger partial charge in [0.15, 0.2) is 0 Å². The molecule has 1 atom stereocenters. The van der Waals surface area contributed by atoms with Crippen LogP contribution in [0, 0.1) is 5.82 Å². The van der Waals surface area contributed by atoms with Crippen molar-refractivity contribution < 1.29 is 9.13 Å². The van der Waals surface area contributed by atoms with Gasteiger partial charge in [-0.1, -0.05) is 17.7 Å². The Hall–Kier alpha value is -1.06. The summed E-state index contributed by atoms with van der Waals surface area (Å²) < 4.78 is 18.4. The van der Waals surface area contributed by atoms with Gasteiger partial charge in [-0.3, -0.25) is 0 Å². The Kier molecular flexibility index (Phi) is 4.40. The summed E-state index contributed by atoms with van der Waals surface area (Å²) in [5, 5.41) is 3.45. The first kappa shape index (κ1) is 12.4. The van der Waals surface area contributed by atoms with E-state index in [1.165, 1.54) is 6.07 Å². The Morgan fingerprint density at radius 2 is 2.35 bits per heavy atom. The summed E-state index contributed by atoms with van der Waals surface area (Å²) in [6, 6.07) is 4.76. The molecule has 1 heterocycles. The highest BCUT2D eigenvalue weighted by Crippen LogP contribution is 2.16. The molecule has 92 valence electrons. The van der Waals surface area contributed by atoms with Crippen LogP contribution in [0.1, 0.15) is 18.4 Å².